The lowest BCUT2D eigenvalue weighted by Crippen LogP contribution is -2.25. The molecule has 2 heterocycles. The summed E-state index contributed by atoms with van der Waals surface area (Å²) in [4.78, 5) is 0. The summed E-state index contributed by atoms with van der Waals surface area (Å²) in [6.07, 6.45) is 1.82. The molecule has 1 N–H and O–H groups in total. The first-order chi connectivity index (χ1) is 9.93. The Morgan fingerprint density at radius 2 is 2.24 bits per heavy atom. The number of rotatable bonds is 3. The van der Waals surface area contributed by atoms with Gasteiger partial charge in [0.2, 0.25) is 0 Å². The van der Waals surface area contributed by atoms with Gasteiger partial charge in [-0.15, -0.1) is 0 Å². The number of hydrogen-bond acceptors (Lipinski definition) is 3. The maximum absolute atomic E-state index is 10.8. The van der Waals surface area contributed by atoms with E-state index in [-0.39, 0.29) is 5.60 Å². The lowest BCUT2D eigenvalue weighted by molar-refractivity contribution is 0.130. The third-order valence-corrected chi connectivity index (χ3v) is 4.42. The van der Waals surface area contributed by atoms with Gasteiger partial charge in [-0.1, -0.05) is 18.2 Å². The number of aromatic nitrogens is 2. The van der Waals surface area contributed by atoms with Gasteiger partial charge in [0.15, 0.2) is 0 Å². The number of para-hydroxylation sites is 1. The molecule has 1 aliphatic heterocycles. The van der Waals surface area contributed by atoms with Crippen LogP contribution in [0.4, 0.5) is 0 Å². The maximum Gasteiger partial charge on any atom is 0.129 e. The molecular formula is C16H19BrN2O2. The van der Waals surface area contributed by atoms with Crippen LogP contribution in [0, 0.1) is 0 Å². The number of fused-ring (bicyclic) bond motifs is 1. The summed E-state index contributed by atoms with van der Waals surface area (Å²) in [6.45, 7) is 6.84. The van der Waals surface area contributed by atoms with Crippen LogP contribution < -0.4 is 4.74 Å². The van der Waals surface area contributed by atoms with Crippen LogP contribution in [-0.4, -0.2) is 20.5 Å². The van der Waals surface area contributed by atoms with Crippen LogP contribution in [0.15, 0.2) is 28.9 Å². The lowest BCUT2D eigenvalue weighted by atomic mass is 9.98. The Hall–Kier alpha value is -1.33. The van der Waals surface area contributed by atoms with Crippen molar-refractivity contribution in [2.75, 3.05) is 0 Å². The van der Waals surface area contributed by atoms with Crippen LogP contribution >= 0.6 is 15.9 Å². The van der Waals surface area contributed by atoms with Gasteiger partial charge in [-0.05, 0) is 42.3 Å². The highest BCUT2D eigenvalue weighted by Gasteiger charge is 2.34. The molecule has 0 bridgehead atoms. The van der Waals surface area contributed by atoms with Crippen molar-refractivity contribution < 1.29 is 9.84 Å². The SMILES string of the molecule is CCn1ncc(Br)c1C(O)c1cccc2c1OC(C)(C)C2. The third kappa shape index (κ3) is 2.49. The molecule has 112 valence electrons. The van der Waals surface area contributed by atoms with Crippen molar-refractivity contribution in [2.24, 2.45) is 0 Å². The zero-order chi connectivity index (χ0) is 15.2. The first-order valence-corrected chi connectivity index (χ1v) is 7.92. The van der Waals surface area contributed by atoms with E-state index in [1.54, 1.807) is 10.9 Å². The van der Waals surface area contributed by atoms with E-state index in [4.69, 9.17) is 4.74 Å². The van der Waals surface area contributed by atoms with Crippen molar-refractivity contribution in [1.82, 2.24) is 9.78 Å². The Labute approximate surface area is 132 Å². The number of halogens is 1. The second kappa shape index (κ2) is 5.14. The summed E-state index contributed by atoms with van der Waals surface area (Å²) in [7, 11) is 0. The number of aliphatic hydroxyl groups excluding tert-OH is 1. The fourth-order valence-electron chi connectivity index (χ4n) is 2.90. The molecule has 0 saturated heterocycles. The smallest absolute Gasteiger partial charge is 0.129 e. The minimum absolute atomic E-state index is 0.222. The summed E-state index contributed by atoms with van der Waals surface area (Å²) in [5.74, 6) is 0.811. The molecule has 1 atom stereocenters. The van der Waals surface area contributed by atoms with Crippen LogP contribution in [0.5, 0.6) is 5.75 Å². The Kier molecular flexibility index (Phi) is 3.58. The highest BCUT2D eigenvalue weighted by Crippen LogP contribution is 2.42. The van der Waals surface area contributed by atoms with Crippen LogP contribution in [0.3, 0.4) is 0 Å². The second-order valence-electron chi connectivity index (χ2n) is 5.97. The molecule has 4 nitrogen and oxygen atoms in total. The van der Waals surface area contributed by atoms with Crippen LogP contribution in [0.25, 0.3) is 0 Å². The topological polar surface area (TPSA) is 47.3 Å². The molecule has 0 fully saturated rings. The van der Waals surface area contributed by atoms with Gasteiger partial charge in [0.05, 0.1) is 16.4 Å². The van der Waals surface area contributed by atoms with Gasteiger partial charge in [0, 0.05) is 18.5 Å². The molecule has 0 radical (unpaired) electrons. The quantitative estimate of drug-likeness (QED) is 0.921. The average Bonchev–Trinajstić information content (AvgIpc) is 2.95. The molecule has 3 rings (SSSR count). The second-order valence-corrected chi connectivity index (χ2v) is 6.82. The van der Waals surface area contributed by atoms with Gasteiger partial charge in [0.1, 0.15) is 17.5 Å². The Morgan fingerprint density at radius 1 is 1.48 bits per heavy atom. The summed E-state index contributed by atoms with van der Waals surface area (Å²) in [6, 6.07) is 5.96. The van der Waals surface area contributed by atoms with E-state index in [1.165, 1.54) is 0 Å². The summed E-state index contributed by atoms with van der Waals surface area (Å²) in [5, 5.41) is 15.1. The highest BCUT2D eigenvalue weighted by atomic mass is 79.9. The molecule has 0 aliphatic carbocycles. The van der Waals surface area contributed by atoms with Crippen LogP contribution in [-0.2, 0) is 13.0 Å². The third-order valence-electron chi connectivity index (χ3n) is 3.81. The van der Waals surface area contributed by atoms with E-state index in [0.717, 1.165) is 33.5 Å². The maximum atomic E-state index is 10.8. The fraction of sp³-hybridized carbons (Fsp3) is 0.438. The zero-order valence-electron chi connectivity index (χ0n) is 12.4. The van der Waals surface area contributed by atoms with E-state index in [0.29, 0.717) is 6.54 Å². The Morgan fingerprint density at radius 3 is 2.95 bits per heavy atom. The minimum atomic E-state index is -0.759. The molecule has 1 aromatic heterocycles. The summed E-state index contributed by atoms with van der Waals surface area (Å²) in [5.41, 5.74) is 2.49. The minimum Gasteiger partial charge on any atom is -0.487 e. The van der Waals surface area contributed by atoms with E-state index in [9.17, 15) is 5.11 Å². The van der Waals surface area contributed by atoms with Gasteiger partial charge in [-0.3, -0.25) is 4.68 Å². The lowest BCUT2D eigenvalue weighted by Gasteiger charge is -2.20. The standard InChI is InChI=1S/C16H19BrN2O2/c1-4-19-13(12(17)9-18-19)14(20)11-7-5-6-10-8-16(2,3)21-15(10)11/h5-7,9,14,20H,4,8H2,1-3H3. The molecule has 0 saturated carbocycles. The Bertz CT molecular complexity index is 679. The highest BCUT2D eigenvalue weighted by molar-refractivity contribution is 9.10. The summed E-state index contributed by atoms with van der Waals surface area (Å²) >= 11 is 3.47. The normalized spacial score (nSPS) is 17.4. The van der Waals surface area contributed by atoms with Gasteiger partial charge < -0.3 is 9.84 Å². The zero-order valence-corrected chi connectivity index (χ0v) is 14.0. The number of hydrogen-bond donors (Lipinski definition) is 1. The van der Waals surface area contributed by atoms with E-state index in [1.807, 2.05) is 19.1 Å². The van der Waals surface area contributed by atoms with Gasteiger partial charge >= 0.3 is 0 Å². The predicted molar refractivity (Wildman–Crippen MR) is 84.5 cm³/mol. The van der Waals surface area contributed by atoms with Crippen molar-refractivity contribution in [3.63, 3.8) is 0 Å². The summed E-state index contributed by atoms with van der Waals surface area (Å²) < 4.78 is 8.66. The molecule has 5 heteroatoms. The molecule has 0 spiro atoms. The van der Waals surface area contributed by atoms with E-state index >= 15 is 0 Å². The van der Waals surface area contributed by atoms with E-state index in [2.05, 4.69) is 40.9 Å². The molecular weight excluding hydrogens is 332 g/mol. The number of nitrogens with zero attached hydrogens (tertiary/aromatic N) is 2. The van der Waals surface area contributed by atoms with Crippen molar-refractivity contribution in [3.05, 3.63) is 45.7 Å². The molecule has 21 heavy (non-hydrogen) atoms. The largest absolute Gasteiger partial charge is 0.487 e. The van der Waals surface area contributed by atoms with Crippen molar-refractivity contribution in [3.8, 4) is 5.75 Å². The number of aliphatic hydroxyl groups is 1. The predicted octanol–water partition coefficient (Wildman–Crippen LogP) is 3.46. The van der Waals surface area contributed by atoms with Gasteiger partial charge in [0.25, 0.3) is 0 Å². The van der Waals surface area contributed by atoms with Crippen molar-refractivity contribution in [2.45, 2.75) is 45.4 Å². The molecule has 1 aliphatic rings. The number of benzene rings is 1. The van der Waals surface area contributed by atoms with Gasteiger partial charge in [-0.2, -0.15) is 5.10 Å². The van der Waals surface area contributed by atoms with Crippen molar-refractivity contribution in [1.29, 1.82) is 0 Å². The molecule has 0 amide bonds. The number of ether oxygens (including phenoxy) is 1. The van der Waals surface area contributed by atoms with E-state index < -0.39 is 6.10 Å². The van der Waals surface area contributed by atoms with Crippen LogP contribution in [0.1, 0.15) is 43.7 Å². The molecule has 1 aromatic carbocycles. The van der Waals surface area contributed by atoms with Crippen molar-refractivity contribution >= 4 is 15.9 Å². The fourth-order valence-corrected chi connectivity index (χ4v) is 3.41. The van der Waals surface area contributed by atoms with Gasteiger partial charge in [-0.25, -0.2) is 0 Å². The monoisotopic (exact) mass is 350 g/mol. The average molecular weight is 351 g/mol. The molecule has 2 aromatic rings. The van der Waals surface area contributed by atoms with Crippen LogP contribution in [0.2, 0.25) is 0 Å². The first kappa shape index (κ1) is 14.6. The molecule has 1 unspecified atom stereocenters. The number of aryl methyl sites for hydroxylation is 1. The first-order valence-electron chi connectivity index (χ1n) is 7.13. The Balaban J connectivity index is 2.06.